The molecule has 1 saturated carbocycles. The van der Waals surface area contributed by atoms with E-state index in [2.05, 4.69) is 10.6 Å². The van der Waals surface area contributed by atoms with Crippen molar-refractivity contribution in [3.05, 3.63) is 0 Å². The minimum atomic E-state index is -0.206. The lowest BCUT2D eigenvalue weighted by molar-refractivity contribution is -0.142. The number of piperidine rings is 1. The average Bonchev–Trinajstić information content (AvgIpc) is 3.11. The third-order valence-corrected chi connectivity index (χ3v) is 4.45. The minimum absolute atomic E-state index is 0. The van der Waals surface area contributed by atoms with Crippen molar-refractivity contribution in [3.63, 3.8) is 0 Å². The Kier molecular flexibility index (Phi) is 5.27. The van der Waals surface area contributed by atoms with Crippen molar-refractivity contribution in [1.82, 2.24) is 15.5 Å². The van der Waals surface area contributed by atoms with Gasteiger partial charge in [0.15, 0.2) is 0 Å². The van der Waals surface area contributed by atoms with E-state index >= 15 is 0 Å². The Morgan fingerprint density at radius 2 is 1.75 bits per heavy atom. The molecule has 2 heterocycles. The SMILES string of the molecule is Cl.O=C(NC1CC1)C1CCCN1C(=O)C1CCNCC1. The van der Waals surface area contributed by atoms with Crippen LogP contribution in [0.15, 0.2) is 0 Å². The van der Waals surface area contributed by atoms with Crippen molar-refractivity contribution in [2.24, 2.45) is 5.92 Å². The first-order chi connectivity index (χ1) is 9.25. The third-order valence-electron chi connectivity index (χ3n) is 4.45. The van der Waals surface area contributed by atoms with Gasteiger partial charge < -0.3 is 15.5 Å². The molecule has 2 saturated heterocycles. The second-order valence-corrected chi connectivity index (χ2v) is 6.00. The van der Waals surface area contributed by atoms with Gasteiger partial charge in [0.2, 0.25) is 11.8 Å². The van der Waals surface area contributed by atoms with Crippen LogP contribution in [0.1, 0.15) is 38.5 Å². The average molecular weight is 302 g/mol. The maximum Gasteiger partial charge on any atom is 0.243 e. The van der Waals surface area contributed by atoms with Gasteiger partial charge in [-0.1, -0.05) is 0 Å². The van der Waals surface area contributed by atoms with Crippen molar-refractivity contribution < 1.29 is 9.59 Å². The molecule has 0 radical (unpaired) electrons. The molecule has 3 aliphatic rings. The van der Waals surface area contributed by atoms with E-state index in [1.54, 1.807) is 0 Å². The molecular weight excluding hydrogens is 278 g/mol. The fourth-order valence-corrected chi connectivity index (χ4v) is 3.13. The van der Waals surface area contributed by atoms with Gasteiger partial charge in [0.05, 0.1) is 0 Å². The van der Waals surface area contributed by atoms with Crippen LogP contribution < -0.4 is 10.6 Å². The maximum absolute atomic E-state index is 12.5. The first-order valence-corrected chi connectivity index (χ1v) is 7.57. The summed E-state index contributed by atoms with van der Waals surface area (Å²) in [6.07, 6.45) is 5.80. The highest BCUT2D eigenvalue weighted by atomic mass is 35.5. The number of nitrogens with zero attached hydrogens (tertiary/aromatic N) is 1. The van der Waals surface area contributed by atoms with Crippen LogP contribution >= 0.6 is 12.4 Å². The summed E-state index contributed by atoms with van der Waals surface area (Å²) in [6.45, 7) is 2.60. The van der Waals surface area contributed by atoms with Crippen LogP contribution in [0.5, 0.6) is 0 Å². The highest BCUT2D eigenvalue weighted by molar-refractivity contribution is 5.89. The van der Waals surface area contributed by atoms with E-state index in [1.807, 2.05) is 4.90 Å². The van der Waals surface area contributed by atoms with Gasteiger partial charge in [0.1, 0.15) is 6.04 Å². The highest BCUT2D eigenvalue weighted by Gasteiger charge is 2.38. The quantitative estimate of drug-likeness (QED) is 0.806. The summed E-state index contributed by atoms with van der Waals surface area (Å²) in [7, 11) is 0. The van der Waals surface area contributed by atoms with Crippen LogP contribution in [0.25, 0.3) is 0 Å². The number of amides is 2. The van der Waals surface area contributed by atoms with Gasteiger partial charge in [0, 0.05) is 18.5 Å². The molecule has 0 bridgehead atoms. The number of likely N-dealkylation sites (tertiary alicyclic amines) is 1. The largest absolute Gasteiger partial charge is 0.352 e. The maximum atomic E-state index is 12.5. The van der Waals surface area contributed by atoms with E-state index in [1.165, 1.54) is 0 Å². The molecule has 2 amide bonds. The lowest BCUT2D eigenvalue weighted by atomic mass is 9.96. The topological polar surface area (TPSA) is 61.4 Å². The Bertz CT molecular complexity index is 367. The zero-order valence-corrected chi connectivity index (χ0v) is 12.6. The summed E-state index contributed by atoms with van der Waals surface area (Å²) in [5.74, 6) is 0.396. The minimum Gasteiger partial charge on any atom is -0.352 e. The molecule has 20 heavy (non-hydrogen) atoms. The predicted molar refractivity (Wildman–Crippen MR) is 78.7 cm³/mol. The molecule has 1 atom stereocenters. The van der Waals surface area contributed by atoms with Gasteiger partial charge in [-0.2, -0.15) is 0 Å². The molecule has 6 heteroatoms. The molecule has 5 nitrogen and oxygen atoms in total. The summed E-state index contributed by atoms with van der Waals surface area (Å²) in [4.78, 5) is 26.6. The summed E-state index contributed by atoms with van der Waals surface area (Å²) in [5, 5.41) is 6.32. The summed E-state index contributed by atoms with van der Waals surface area (Å²) >= 11 is 0. The molecule has 3 rings (SSSR count). The van der Waals surface area contributed by atoms with Crippen molar-refractivity contribution in [2.45, 2.75) is 50.6 Å². The Morgan fingerprint density at radius 3 is 2.40 bits per heavy atom. The Hall–Kier alpha value is -0.810. The van der Waals surface area contributed by atoms with Crippen LogP contribution in [0.3, 0.4) is 0 Å². The summed E-state index contributed by atoms with van der Waals surface area (Å²) < 4.78 is 0. The Labute approximate surface area is 126 Å². The van der Waals surface area contributed by atoms with E-state index in [0.29, 0.717) is 6.04 Å². The van der Waals surface area contributed by atoms with Crippen LogP contribution in [-0.2, 0) is 9.59 Å². The first kappa shape index (κ1) is 15.6. The number of hydrogen-bond donors (Lipinski definition) is 2. The van der Waals surface area contributed by atoms with Crippen LogP contribution in [0.4, 0.5) is 0 Å². The zero-order chi connectivity index (χ0) is 13.2. The molecule has 1 unspecified atom stereocenters. The number of carbonyl (C=O) groups is 2. The van der Waals surface area contributed by atoms with Crippen molar-refractivity contribution >= 4 is 24.2 Å². The fourth-order valence-electron chi connectivity index (χ4n) is 3.13. The molecular formula is C14H24ClN3O2. The van der Waals surface area contributed by atoms with Crippen molar-refractivity contribution in [2.75, 3.05) is 19.6 Å². The highest BCUT2D eigenvalue weighted by Crippen LogP contribution is 2.25. The van der Waals surface area contributed by atoms with E-state index < -0.39 is 0 Å². The van der Waals surface area contributed by atoms with Gasteiger partial charge >= 0.3 is 0 Å². The van der Waals surface area contributed by atoms with Gasteiger partial charge in [-0.25, -0.2) is 0 Å². The number of hydrogen-bond acceptors (Lipinski definition) is 3. The molecule has 0 aromatic heterocycles. The van der Waals surface area contributed by atoms with Gasteiger partial charge in [-0.05, 0) is 51.6 Å². The van der Waals surface area contributed by atoms with Gasteiger partial charge in [-0.3, -0.25) is 9.59 Å². The third kappa shape index (κ3) is 3.44. The van der Waals surface area contributed by atoms with Crippen LogP contribution in [0, 0.1) is 5.92 Å². The number of nitrogens with one attached hydrogen (secondary N) is 2. The zero-order valence-electron chi connectivity index (χ0n) is 11.8. The molecule has 114 valence electrons. The molecule has 0 aromatic carbocycles. The second kappa shape index (κ2) is 6.76. The van der Waals surface area contributed by atoms with E-state index in [0.717, 1.165) is 58.2 Å². The molecule has 3 fully saturated rings. The van der Waals surface area contributed by atoms with Crippen LogP contribution in [-0.4, -0.2) is 48.4 Å². The number of carbonyl (C=O) groups excluding carboxylic acids is 2. The summed E-state index contributed by atoms with van der Waals surface area (Å²) in [6, 6.07) is 0.173. The van der Waals surface area contributed by atoms with E-state index in [4.69, 9.17) is 0 Å². The lowest BCUT2D eigenvalue weighted by Crippen LogP contribution is -2.49. The van der Waals surface area contributed by atoms with Gasteiger partial charge in [0.25, 0.3) is 0 Å². The number of halogens is 1. The Balaban J connectivity index is 0.00000147. The van der Waals surface area contributed by atoms with E-state index in [-0.39, 0.29) is 36.2 Å². The lowest BCUT2D eigenvalue weighted by Gasteiger charge is -2.30. The monoisotopic (exact) mass is 301 g/mol. The predicted octanol–water partition coefficient (Wildman–Crippen LogP) is 0.677. The van der Waals surface area contributed by atoms with Crippen molar-refractivity contribution in [3.8, 4) is 0 Å². The van der Waals surface area contributed by atoms with Crippen LogP contribution in [0.2, 0.25) is 0 Å². The smallest absolute Gasteiger partial charge is 0.243 e. The normalized spacial score (nSPS) is 27.0. The van der Waals surface area contributed by atoms with E-state index in [9.17, 15) is 9.59 Å². The standard InChI is InChI=1S/C14H23N3O2.ClH/c18-13(16-11-3-4-11)12-2-1-9-17(12)14(19)10-5-7-15-8-6-10;/h10-12,15H,1-9H2,(H,16,18);1H. The molecule has 0 aromatic rings. The van der Waals surface area contributed by atoms with Crippen molar-refractivity contribution in [1.29, 1.82) is 0 Å². The fraction of sp³-hybridized carbons (Fsp3) is 0.857. The number of rotatable bonds is 3. The Morgan fingerprint density at radius 1 is 1.05 bits per heavy atom. The summed E-state index contributed by atoms with van der Waals surface area (Å²) in [5.41, 5.74) is 0. The molecule has 2 aliphatic heterocycles. The molecule has 1 aliphatic carbocycles. The second-order valence-electron chi connectivity index (χ2n) is 6.00. The van der Waals surface area contributed by atoms with Gasteiger partial charge in [-0.15, -0.1) is 12.4 Å². The molecule has 2 N–H and O–H groups in total. The molecule has 0 spiro atoms. The first-order valence-electron chi connectivity index (χ1n) is 7.57.